The summed E-state index contributed by atoms with van der Waals surface area (Å²) in [6, 6.07) is 8.24. The summed E-state index contributed by atoms with van der Waals surface area (Å²) >= 11 is 2.62. The molecule has 8 heteroatoms. The molecule has 0 spiro atoms. The van der Waals surface area contributed by atoms with Crippen molar-refractivity contribution < 1.29 is 27.3 Å². The van der Waals surface area contributed by atoms with Gasteiger partial charge in [-0.15, -0.1) is 0 Å². The van der Waals surface area contributed by atoms with Gasteiger partial charge >= 0.3 is 0 Å². The summed E-state index contributed by atoms with van der Waals surface area (Å²) in [6.45, 7) is 16.0. The minimum absolute atomic E-state index is 0.125. The molecule has 2 aromatic rings. The molecule has 0 N–H and O–H groups in total. The zero-order chi connectivity index (χ0) is 34.0. The molecule has 0 aliphatic rings. The molecular formula is C39H64O6S2. The number of hydrogen-bond acceptors (Lipinski definition) is 8. The van der Waals surface area contributed by atoms with Crippen molar-refractivity contribution in [1.82, 2.24) is 0 Å². The summed E-state index contributed by atoms with van der Waals surface area (Å²) in [4.78, 5) is 1.99. The Hall–Kier alpha value is -1.74. The van der Waals surface area contributed by atoms with Crippen LogP contribution in [0, 0.1) is 13.8 Å². The topological polar surface area (TPSA) is 55.4 Å². The van der Waals surface area contributed by atoms with Gasteiger partial charge in [-0.25, -0.2) is 0 Å². The van der Waals surface area contributed by atoms with Crippen LogP contribution in [-0.4, -0.2) is 33.2 Å². The van der Waals surface area contributed by atoms with Crippen LogP contribution in [0.15, 0.2) is 34.1 Å². The highest BCUT2D eigenvalue weighted by molar-refractivity contribution is 7.95. The summed E-state index contributed by atoms with van der Waals surface area (Å²) in [7, 11) is 0. The van der Waals surface area contributed by atoms with E-state index >= 15 is 0 Å². The molecule has 0 bridgehead atoms. The number of unbranched alkanes of at least 4 members (excludes halogenated alkanes) is 12. The van der Waals surface area contributed by atoms with E-state index in [1.807, 2.05) is 12.1 Å². The fourth-order valence-corrected chi connectivity index (χ4v) is 6.15. The molecule has 0 amide bonds. The molecule has 0 radical (unpaired) electrons. The van der Waals surface area contributed by atoms with Crippen molar-refractivity contribution in [3.05, 3.63) is 35.4 Å². The van der Waals surface area contributed by atoms with Crippen LogP contribution in [0.25, 0.3) is 0 Å². The monoisotopic (exact) mass is 692 g/mol. The van der Waals surface area contributed by atoms with Crippen LogP contribution in [0.4, 0.5) is 0 Å². The largest absolute Gasteiger partial charge is 0.490 e. The highest BCUT2D eigenvalue weighted by atomic mass is 32.2. The first-order valence-electron chi connectivity index (χ1n) is 18.4. The van der Waals surface area contributed by atoms with E-state index in [1.54, 1.807) is 0 Å². The minimum atomic E-state index is 0.125. The second kappa shape index (κ2) is 27.1. The van der Waals surface area contributed by atoms with Crippen molar-refractivity contribution in [3.8, 4) is 23.0 Å². The number of aryl methyl sites for hydroxylation is 2. The highest BCUT2D eigenvalue weighted by Crippen LogP contribution is 2.38. The standard InChI is InChI=1S/C39H64O6S2/c1-7-11-15-19-23-40-34-27-32(5)38(29-36(34)42-25-21-17-13-9-3)46-44-31-45-47-39-30-37(43-26-22-18-14-10-4)35(28-33(39)6)41-24-20-16-12-8-2/h27-30H,7-26,31H2,1-6H3. The van der Waals surface area contributed by atoms with Gasteiger partial charge in [-0.3, -0.25) is 8.37 Å². The normalized spacial score (nSPS) is 11.2. The summed E-state index contributed by atoms with van der Waals surface area (Å²) in [5.74, 6) is 3.21. The van der Waals surface area contributed by atoms with Gasteiger partial charge in [0.1, 0.15) is 0 Å². The first-order chi connectivity index (χ1) is 23.0. The van der Waals surface area contributed by atoms with Gasteiger partial charge in [-0.2, -0.15) is 0 Å². The molecule has 2 aromatic carbocycles. The fourth-order valence-electron chi connectivity index (χ4n) is 4.96. The number of benzene rings is 2. The fraction of sp³-hybridized carbons (Fsp3) is 0.692. The zero-order valence-electron chi connectivity index (χ0n) is 30.4. The molecule has 0 saturated carbocycles. The Kier molecular flexibility index (Phi) is 23.9. The number of ether oxygens (including phenoxy) is 4. The van der Waals surface area contributed by atoms with Gasteiger partial charge in [0.2, 0.25) is 0 Å². The van der Waals surface area contributed by atoms with E-state index < -0.39 is 0 Å². The quantitative estimate of drug-likeness (QED) is 0.0455. The average molecular weight is 693 g/mol. The van der Waals surface area contributed by atoms with Gasteiger partial charge in [0, 0.05) is 46.0 Å². The lowest BCUT2D eigenvalue weighted by molar-refractivity contribution is 0.168. The molecule has 2 rings (SSSR count). The zero-order valence-corrected chi connectivity index (χ0v) is 32.1. The van der Waals surface area contributed by atoms with E-state index in [-0.39, 0.29) is 6.79 Å². The van der Waals surface area contributed by atoms with Crippen molar-refractivity contribution in [2.75, 3.05) is 33.2 Å². The van der Waals surface area contributed by atoms with Crippen molar-refractivity contribution in [2.45, 2.75) is 154 Å². The molecule has 0 aliphatic carbocycles. The molecule has 0 heterocycles. The lowest BCUT2D eigenvalue weighted by Crippen LogP contribution is -2.04. The molecule has 0 fully saturated rings. The average Bonchev–Trinajstić information content (AvgIpc) is 3.06. The Morgan fingerprint density at radius 2 is 0.702 bits per heavy atom. The molecule has 0 aliphatic heterocycles. The third kappa shape index (κ3) is 18.0. The highest BCUT2D eigenvalue weighted by Gasteiger charge is 2.14. The smallest absolute Gasteiger partial charge is 0.174 e. The van der Waals surface area contributed by atoms with Gasteiger partial charge < -0.3 is 18.9 Å². The molecule has 268 valence electrons. The van der Waals surface area contributed by atoms with Crippen LogP contribution in [-0.2, 0) is 8.37 Å². The Morgan fingerprint density at radius 3 is 1.00 bits per heavy atom. The van der Waals surface area contributed by atoms with E-state index in [2.05, 4.69) is 53.7 Å². The first-order valence-corrected chi connectivity index (χ1v) is 19.9. The maximum atomic E-state index is 6.21. The SMILES string of the molecule is CCCCCCOc1cc(C)c(SOCOSc2cc(OCCCCCC)c(OCCCCCC)cc2C)cc1OCCCCCC. The predicted octanol–water partition coefficient (Wildman–Crippen LogP) is 12.8. The van der Waals surface area contributed by atoms with Crippen LogP contribution in [0.3, 0.4) is 0 Å². The Bertz CT molecular complexity index is 996. The second-order valence-corrected chi connectivity index (χ2v) is 14.0. The third-order valence-corrected chi connectivity index (χ3v) is 9.56. The van der Waals surface area contributed by atoms with Gasteiger partial charge in [-0.05, 0) is 62.8 Å². The summed E-state index contributed by atoms with van der Waals surface area (Å²) in [6.07, 6.45) is 18.7. The van der Waals surface area contributed by atoms with Crippen LogP contribution in [0.1, 0.15) is 142 Å². The van der Waals surface area contributed by atoms with Crippen LogP contribution in [0.2, 0.25) is 0 Å². The van der Waals surface area contributed by atoms with Gasteiger partial charge in [0.15, 0.2) is 29.8 Å². The van der Waals surface area contributed by atoms with Gasteiger partial charge in [0.25, 0.3) is 0 Å². The lowest BCUT2D eigenvalue weighted by Gasteiger charge is -2.17. The van der Waals surface area contributed by atoms with E-state index in [9.17, 15) is 0 Å². The van der Waals surface area contributed by atoms with E-state index in [0.29, 0.717) is 26.4 Å². The molecule has 47 heavy (non-hydrogen) atoms. The number of hydrogen-bond donors (Lipinski definition) is 0. The third-order valence-electron chi connectivity index (χ3n) is 7.90. The molecule has 0 aromatic heterocycles. The summed E-state index contributed by atoms with van der Waals surface area (Å²) < 4.78 is 36.6. The van der Waals surface area contributed by atoms with Crippen molar-refractivity contribution in [2.24, 2.45) is 0 Å². The molecule has 0 saturated heterocycles. The van der Waals surface area contributed by atoms with Crippen molar-refractivity contribution >= 4 is 24.1 Å². The lowest BCUT2D eigenvalue weighted by atomic mass is 10.2. The summed E-state index contributed by atoms with van der Waals surface area (Å²) in [5.41, 5.74) is 2.18. The number of rotatable bonds is 30. The van der Waals surface area contributed by atoms with Crippen molar-refractivity contribution in [3.63, 3.8) is 0 Å². The molecular weight excluding hydrogens is 629 g/mol. The first kappa shape index (κ1) is 41.4. The second-order valence-electron chi connectivity index (χ2n) is 12.3. The van der Waals surface area contributed by atoms with Crippen LogP contribution in [0.5, 0.6) is 23.0 Å². The predicted molar refractivity (Wildman–Crippen MR) is 200 cm³/mol. The Morgan fingerprint density at radius 1 is 0.404 bits per heavy atom. The van der Waals surface area contributed by atoms with E-state index in [0.717, 1.165) is 69.6 Å². The molecule has 6 nitrogen and oxygen atoms in total. The minimum Gasteiger partial charge on any atom is -0.490 e. The van der Waals surface area contributed by atoms with Gasteiger partial charge in [0.05, 0.1) is 26.4 Å². The summed E-state index contributed by atoms with van der Waals surface area (Å²) in [5, 5.41) is 0. The maximum Gasteiger partial charge on any atom is 0.174 e. The van der Waals surface area contributed by atoms with Crippen LogP contribution >= 0.6 is 24.1 Å². The van der Waals surface area contributed by atoms with Crippen molar-refractivity contribution in [1.29, 1.82) is 0 Å². The maximum absolute atomic E-state index is 6.21. The van der Waals surface area contributed by atoms with E-state index in [1.165, 1.54) is 101 Å². The van der Waals surface area contributed by atoms with Crippen LogP contribution < -0.4 is 18.9 Å². The Labute approximate surface area is 296 Å². The van der Waals surface area contributed by atoms with Gasteiger partial charge in [-0.1, -0.05) is 105 Å². The van der Waals surface area contributed by atoms with E-state index in [4.69, 9.17) is 27.3 Å². The molecule has 0 atom stereocenters. The molecule has 0 unspecified atom stereocenters. The Balaban J connectivity index is 1.96.